The van der Waals surface area contributed by atoms with Crippen molar-refractivity contribution in [2.24, 2.45) is 0 Å². The van der Waals surface area contributed by atoms with Gasteiger partial charge in [-0.3, -0.25) is 10.00 Å². The number of aromatic amines is 1. The Labute approximate surface area is 90.6 Å². The molecule has 0 spiro atoms. The zero-order valence-corrected chi connectivity index (χ0v) is 9.71. The van der Waals surface area contributed by atoms with Crippen LogP contribution in [0, 0.1) is 13.8 Å². The molecular weight excluding hydrogens is 190 g/mol. The number of rotatable bonds is 2. The highest BCUT2D eigenvalue weighted by Gasteiger charge is 2.27. The number of hydrogen-bond acceptors (Lipinski definition) is 3. The van der Waals surface area contributed by atoms with Gasteiger partial charge >= 0.3 is 0 Å². The van der Waals surface area contributed by atoms with E-state index < -0.39 is 0 Å². The van der Waals surface area contributed by atoms with E-state index in [0.717, 1.165) is 32.0 Å². The Balaban J connectivity index is 2.27. The second-order valence-electron chi connectivity index (χ2n) is 4.07. The van der Waals surface area contributed by atoms with E-state index in [1.165, 1.54) is 11.3 Å². The van der Waals surface area contributed by atoms with Crippen molar-refractivity contribution < 1.29 is 4.74 Å². The topological polar surface area (TPSA) is 41.1 Å². The van der Waals surface area contributed by atoms with Gasteiger partial charge in [-0.1, -0.05) is 6.92 Å². The third-order valence-electron chi connectivity index (χ3n) is 3.16. The predicted molar refractivity (Wildman–Crippen MR) is 58.9 cm³/mol. The maximum absolute atomic E-state index is 5.56. The van der Waals surface area contributed by atoms with E-state index in [2.05, 4.69) is 35.9 Å². The lowest BCUT2D eigenvalue weighted by atomic mass is 10.0. The molecule has 84 valence electrons. The van der Waals surface area contributed by atoms with Crippen LogP contribution in [0.2, 0.25) is 0 Å². The monoisotopic (exact) mass is 209 g/mol. The Hall–Kier alpha value is -0.870. The fourth-order valence-electron chi connectivity index (χ4n) is 2.33. The summed E-state index contributed by atoms with van der Waals surface area (Å²) in [7, 11) is 0. The van der Waals surface area contributed by atoms with Crippen molar-refractivity contribution in [1.29, 1.82) is 0 Å². The molecule has 0 aromatic carbocycles. The average molecular weight is 209 g/mol. The summed E-state index contributed by atoms with van der Waals surface area (Å²) in [4.78, 5) is 2.45. The van der Waals surface area contributed by atoms with E-state index in [-0.39, 0.29) is 0 Å². The molecule has 1 aromatic rings. The summed E-state index contributed by atoms with van der Waals surface area (Å²) in [6, 6.07) is 0.377. The van der Waals surface area contributed by atoms with Gasteiger partial charge < -0.3 is 4.74 Å². The molecule has 2 heterocycles. The van der Waals surface area contributed by atoms with Crippen molar-refractivity contribution in [3.05, 3.63) is 17.0 Å². The van der Waals surface area contributed by atoms with Crippen LogP contribution in [0.1, 0.15) is 29.9 Å². The van der Waals surface area contributed by atoms with Crippen molar-refractivity contribution in [1.82, 2.24) is 15.1 Å². The van der Waals surface area contributed by atoms with Crippen LogP contribution < -0.4 is 0 Å². The molecular formula is C11H19N3O. The molecule has 1 N–H and O–H groups in total. The van der Waals surface area contributed by atoms with E-state index >= 15 is 0 Å². The lowest BCUT2D eigenvalue weighted by Crippen LogP contribution is -2.39. The predicted octanol–water partition coefficient (Wildman–Crippen LogP) is 1.42. The maximum Gasteiger partial charge on any atom is 0.0665 e. The molecule has 2 rings (SSSR count). The van der Waals surface area contributed by atoms with E-state index in [1.54, 1.807) is 0 Å². The second kappa shape index (κ2) is 4.33. The minimum absolute atomic E-state index is 0.377. The summed E-state index contributed by atoms with van der Waals surface area (Å²) < 4.78 is 5.56. The Morgan fingerprint density at radius 3 is 2.93 bits per heavy atom. The number of H-pyrrole nitrogens is 1. The van der Waals surface area contributed by atoms with Crippen LogP contribution in [-0.2, 0) is 4.74 Å². The summed E-state index contributed by atoms with van der Waals surface area (Å²) in [5.74, 6) is 0. The molecule has 15 heavy (non-hydrogen) atoms. The number of likely N-dealkylation sites (N-methyl/N-ethyl adjacent to an activating group) is 1. The standard InChI is InChI=1S/C11H19N3O/c1-4-14-5-6-15-7-10(14)11-8(2)12-13-9(11)3/h10H,4-7H2,1-3H3,(H,12,13)/t10-/m1/s1. The lowest BCUT2D eigenvalue weighted by molar-refractivity contribution is -0.00618. The number of nitrogens with one attached hydrogen (secondary N) is 1. The molecule has 0 amide bonds. The Bertz CT molecular complexity index is 315. The number of ether oxygens (including phenoxy) is 1. The van der Waals surface area contributed by atoms with Crippen LogP contribution in [0.5, 0.6) is 0 Å². The van der Waals surface area contributed by atoms with Crippen molar-refractivity contribution in [2.45, 2.75) is 26.8 Å². The molecule has 1 aromatic heterocycles. The van der Waals surface area contributed by atoms with Gasteiger partial charge in [-0.25, -0.2) is 0 Å². The van der Waals surface area contributed by atoms with E-state index in [1.807, 2.05) is 0 Å². The van der Waals surface area contributed by atoms with Crippen LogP contribution in [0.4, 0.5) is 0 Å². The van der Waals surface area contributed by atoms with Crippen molar-refractivity contribution in [3.8, 4) is 0 Å². The van der Waals surface area contributed by atoms with Gasteiger partial charge in [0.2, 0.25) is 0 Å². The minimum atomic E-state index is 0.377. The fraction of sp³-hybridized carbons (Fsp3) is 0.727. The SMILES string of the molecule is CCN1CCOC[C@@H]1c1c(C)n[nH]c1C. The molecule has 0 bridgehead atoms. The highest BCUT2D eigenvalue weighted by Crippen LogP contribution is 2.27. The Kier molecular flexibility index (Phi) is 3.07. The van der Waals surface area contributed by atoms with Crippen molar-refractivity contribution in [3.63, 3.8) is 0 Å². The van der Waals surface area contributed by atoms with Gasteiger partial charge in [0.1, 0.15) is 0 Å². The average Bonchev–Trinajstić information content (AvgIpc) is 2.59. The zero-order chi connectivity index (χ0) is 10.8. The number of aryl methyl sites for hydroxylation is 2. The van der Waals surface area contributed by atoms with Gasteiger partial charge in [0.15, 0.2) is 0 Å². The van der Waals surface area contributed by atoms with E-state index in [0.29, 0.717) is 6.04 Å². The number of morpholine rings is 1. The third-order valence-corrected chi connectivity index (χ3v) is 3.16. The van der Waals surface area contributed by atoms with Gasteiger partial charge in [-0.05, 0) is 20.4 Å². The smallest absolute Gasteiger partial charge is 0.0665 e. The van der Waals surface area contributed by atoms with Crippen molar-refractivity contribution in [2.75, 3.05) is 26.3 Å². The lowest BCUT2D eigenvalue weighted by Gasteiger charge is -2.35. The Morgan fingerprint density at radius 1 is 1.53 bits per heavy atom. The first kappa shape index (κ1) is 10.6. The second-order valence-corrected chi connectivity index (χ2v) is 4.07. The molecule has 0 unspecified atom stereocenters. The summed E-state index contributed by atoms with van der Waals surface area (Å²) in [6.45, 7) is 10.1. The van der Waals surface area contributed by atoms with Crippen LogP contribution in [0.15, 0.2) is 0 Å². The summed E-state index contributed by atoms with van der Waals surface area (Å²) in [5.41, 5.74) is 3.58. The quantitative estimate of drug-likeness (QED) is 0.801. The number of nitrogens with zero attached hydrogens (tertiary/aromatic N) is 2. The number of hydrogen-bond donors (Lipinski definition) is 1. The largest absolute Gasteiger partial charge is 0.378 e. The molecule has 1 aliphatic heterocycles. The molecule has 1 aliphatic rings. The number of aromatic nitrogens is 2. The first-order chi connectivity index (χ1) is 7.24. The minimum Gasteiger partial charge on any atom is -0.378 e. The molecule has 1 atom stereocenters. The van der Waals surface area contributed by atoms with Gasteiger partial charge in [-0.2, -0.15) is 5.10 Å². The summed E-state index contributed by atoms with van der Waals surface area (Å²) >= 11 is 0. The van der Waals surface area contributed by atoms with Crippen LogP contribution >= 0.6 is 0 Å². The van der Waals surface area contributed by atoms with Crippen LogP contribution in [-0.4, -0.2) is 41.4 Å². The van der Waals surface area contributed by atoms with Gasteiger partial charge in [0.25, 0.3) is 0 Å². The molecule has 1 saturated heterocycles. The van der Waals surface area contributed by atoms with Crippen LogP contribution in [0.3, 0.4) is 0 Å². The zero-order valence-electron chi connectivity index (χ0n) is 9.71. The molecule has 1 fully saturated rings. The van der Waals surface area contributed by atoms with Crippen molar-refractivity contribution >= 4 is 0 Å². The summed E-state index contributed by atoms with van der Waals surface area (Å²) in [6.07, 6.45) is 0. The van der Waals surface area contributed by atoms with E-state index in [4.69, 9.17) is 4.74 Å². The molecule has 0 aliphatic carbocycles. The first-order valence-electron chi connectivity index (χ1n) is 5.57. The Morgan fingerprint density at radius 2 is 2.33 bits per heavy atom. The van der Waals surface area contributed by atoms with Gasteiger partial charge in [0, 0.05) is 17.8 Å². The molecule has 0 saturated carbocycles. The molecule has 0 radical (unpaired) electrons. The molecule has 4 nitrogen and oxygen atoms in total. The maximum atomic E-state index is 5.56. The summed E-state index contributed by atoms with van der Waals surface area (Å²) in [5, 5.41) is 7.30. The normalized spacial score (nSPS) is 23.3. The van der Waals surface area contributed by atoms with E-state index in [9.17, 15) is 0 Å². The highest BCUT2D eigenvalue weighted by atomic mass is 16.5. The third kappa shape index (κ3) is 1.92. The fourth-order valence-corrected chi connectivity index (χ4v) is 2.33. The highest BCUT2D eigenvalue weighted by molar-refractivity contribution is 5.27. The van der Waals surface area contributed by atoms with Gasteiger partial charge in [-0.15, -0.1) is 0 Å². The van der Waals surface area contributed by atoms with Crippen LogP contribution in [0.25, 0.3) is 0 Å². The van der Waals surface area contributed by atoms with Gasteiger partial charge in [0.05, 0.1) is 24.9 Å². The first-order valence-corrected chi connectivity index (χ1v) is 5.57. The molecule has 4 heteroatoms.